The van der Waals surface area contributed by atoms with Crippen LogP contribution in [0.15, 0.2) is 40.8 Å². The van der Waals surface area contributed by atoms with Gasteiger partial charge in [0.1, 0.15) is 23.2 Å². The predicted molar refractivity (Wildman–Crippen MR) is 102 cm³/mol. The van der Waals surface area contributed by atoms with Gasteiger partial charge < -0.3 is 26.1 Å². The lowest BCUT2D eigenvalue weighted by Crippen LogP contribution is -2.10. The molecule has 0 saturated carbocycles. The highest BCUT2D eigenvalue weighted by Crippen LogP contribution is 2.37. The summed E-state index contributed by atoms with van der Waals surface area (Å²) in [6, 6.07) is 9.12. The maximum absolute atomic E-state index is 10.1. The van der Waals surface area contributed by atoms with Crippen molar-refractivity contribution in [3.63, 3.8) is 0 Å². The lowest BCUT2D eigenvalue weighted by molar-refractivity contribution is 0.463. The second-order valence-electron chi connectivity index (χ2n) is 5.08. The van der Waals surface area contributed by atoms with E-state index in [0.717, 1.165) is 0 Å². The zero-order valence-corrected chi connectivity index (χ0v) is 14.4. The van der Waals surface area contributed by atoms with E-state index in [4.69, 9.17) is 26.7 Å². The summed E-state index contributed by atoms with van der Waals surface area (Å²) >= 11 is 0. The molecule has 0 amide bonds. The third-order valence-electron chi connectivity index (χ3n) is 3.48. The fraction of sp³-hybridized carbons (Fsp3) is 0. The zero-order valence-electron chi connectivity index (χ0n) is 12.7. The van der Waals surface area contributed by atoms with Crippen LogP contribution < -0.4 is 11.5 Å². The number of furan rings is 1. The Bertz CT molecular complexity index is 969. The summed E-state index contributed by atoms with van der Waals surface area (Å²) in [5, 5.41) is 35.5. The largest absolute Gasteiger partial charge is 0.507 e. The molecule has 25 heavy (non-hydrogen) atoms. The second kappa shape index (κ2) is 7.33. The van der Waals surface area contributed by atoms with Crippen molar-refractivity contribution in [2.45, 2.75) is 0 Å². The summed E-state index contributed by atoms with van der Waals surface area (Å²) in [5.74, 6) is -0.218. The number of phenolic OH excluding ortho intramolecular Hbond substituents is 2. The van der Waals surface area contributed by atoms with Gasteiger partial charge in [-0.2, -0.15) is 0 Å². The van der Waals surface area contributed by atoms with Gasteiger partial charge in [-0.25, -0.2) is 0 Å². The van der Waals surface area contributed by atoms with E-state index in [1.165, 1.54) is 12.1 Å². The lowest BCUT2D eigenvalue weighted by atomic mass is 10.1. The van der Waals surface area contributed by atoms with E-state index in [-0.39, 0.29) is 53.6 Å². The van der Waals surface area contributed by atoms with Crippen LogP contribution in [0.25, 0.3) is 22.3 Å². The smallest absolute Gasteiger partial charge is 0.176 e. The van der Waals surface area contributed by atoms with Gasteiger partial charge in [0.15, 0.2) is 11.3 Å². The van der Waals surface area contributed by atoms with Crippen molar-refractivity contribution < 1.29 is 14.6 Å². The Morgan fingerprint density at radius 3 is 2.00 bits per heavy atom. The van der Waals surface area contributed by atoms with E-state index in [1.54, 1.807) is 24.3 Å². The van der Waals surface area contributed by atoms with Gasteiger partial charge in [0, 0.05) is 16.5 Å². The summed E-state index contributed by atoms with van der Waals surface area (Å²) in [6.45, 7) is 0. The number of benzene rings is 2. The maximum Gasteiger partial charge on any atom is 0.176 e. The van der Waals surface area contributed by atoms with Gasteiger partial charge in [0.2, 0.25) is 0 Å². The van der Waals surface area contributed by atoms with E-state index in [0.29, 0.717) is 27.8 Å². The van der Waals surface area contributed by atoms with Crippen LogP contribution in [0.2, 0.25) is 0 Å². The van der Waals surface area contributed by atoms with E-state index in [1.807, 2.05) is 0 Å². The van der Waals surface area contributed by atoms with Crippen LogP contribution in [0.3, 0.4) is 0 Å². The number of fused-ring (bicyclic) bond motifs is 1. The third kappa shape index (κ3) is 3.62. The number of nitrogens with two attached hydrogens (primary N) is 2. The van der Waals surface area contributed by atoms with Crippen LogP contribution in [0.1, 0.15) is 11.1 Å². The molecule has 0 bridgehead atoms. The molecule has 7 nitrogen and oxygen atoms in total. The number of phenols is 2. The zero-order chi connectivity index (χ0) is 16.7. The van der Waals surface area contributed by atoms with Crippen molar-refractivity contribution in [2.75, 3.05) is 0 Å². The van der Waals surface area contributed by atoms with E-state index >= 15 is 0 Å². The van der Waals surface area contributed by atoms with Crippen LogP contribution in [0.4, 0.5) is 0 Å². The highest BCUT2D eigenvalue weighted by molar-refractivity contribution is 6.01. The number of aromatic hydroxyl groups is 2. The fourth-order valence-electron chi connectivity index (χ4n) is 2.33. The molecule has 132 valence electrons. The first-order chi connectivity index (χ1) is 10.9. The monoisotopic (exact) mass is 382 g/mol. The van der Waals surface area contributed by atoms with Gasteiger partial charge in [-0.1, -0.05) is 6.07 Å². The first-order valence-electron chi connectivity index (χ1n) is 6.65. The number of hydrogen-bond acceptors (Lipinski definition) is 5. The highest BCUT2D eigenvalue weighted by Gasteiger charge is 2.15. The molecule has 3 aromatic rings. The number of nitrogens with one attached hydrogen (secondary N) is 2. The minimum absolute atomic E-state index is 0. The molecule has 1 aromatic heterocycles. The van der Waals surface area contributed by atoms with Gasteiger partial charge in [-0.15, -0.1) is 24.8 Å². The summed E-state index contributed by atoms with van der Waals surface area (Å²) in [7, 11) is 0. The Hall–Kier alpha value is -2.90. The number of hydrogen-bond donors (Lipinski definition) is 6. The lowest BCUT2D eigenvalue weighted by Gasteiger charge is -2.04. The fourth-order valence-corrected chi connectivity index (χ4v) is 2.33. The first-order valence-corrected chi connectivity index (χ1v) is 6.65. The average molecular weight is 383 g/mol. The molecule has 0 fully saturated rings. The van der Waals surface area contributed by atoms with Crippen molar-refractivity contribution >= 4 is 47.5 Å². The number of nitrogen functional groups attached to an aromatic ring is 2. The molecule has 0 spiro atoms. The van der Waals surface area contributed by atoms with Gasteiger partial charge in [0.05, 0.1) is 5.56 Å². The molecule has 9 heteroatoms. The molecular formula is C16H16Cl2N4O3. The quantitative estimate of drug-likeness (QED) is 0.303. The predicted octanol–water partition coefficient (Wildman–Crippen LogP) is 2.92. The van der Waals surface area contributed by atoms with Crippen molar-refractivity contribution in [2.24, 2.45) is 11.5 Å². The van der Waals surface area contributed by atoms with Gasteiger partial charge in [-0.3, -0.25) is 10.8 Å². The molecule has 0 unspecified atom stereocenters. The summed E-state index contributed by atoms with van der Waals surface area (Å²) < 4.78 is 5.59. The Labute approximate surface area is 155 Å². The highest BCUT2D eigenvalue weighted by atomic mass is 35.5. The van der Waals surface area contributed by atoms with Crippen LogP contribution in [0.5, 0.6) is 11.5 Å². The maximum atomic E-state index is 10.1. The second-order valence-corrected chi connectivity index (χ2v) is 5.08. The van der Waals surface area contributed by atoms with Gasteiger partial charge >= 0.3 is 0 Å². The molecule has 0 atom stereocenters. The van der Waals surface area contributed by atoms with E-state index in [9.17, 15) is 10.2 Å². The first kappa shape index (κ1) is 20.1. The Kier molecular flexibility index (Phi) is 5.91. The minimum Gasteiger partial charge on any atom is -0.507 e. The SMILES string of the molecule is Cl.Cl.N=C(N)c1ccc(-c2cc3cc(C(=N)N)cc(O)c3o2)c(O)c1. The Morgan fingerprint density at radius 2 is 1.44 bits per heavy atom. The van der Waals surface area contributed by atoms with E-state index in [2.05, 4.69) is 0 Å². The third-order valence-corrected chi connectivity index (χ3v) is 3.48. The number of halogens is 2. The topological polar surface area (TPSA) is 153 Å². The van der Waals surface area contributed by atoms with Crippen LogP contribution in [-0.2, 0) is 0 Å². The molecule has 0 aliphatic rings. The van der Waals surface area contributed by atoms with Gasteiger partial charge in [0.25, 0.3) is 0 Å². The molecule has 0 aliphatic carbocycles. The summed E-state index contributed by atoms with van der Waals surface area (Å²) in [5.41, 5.74) is 12.2. The Balaban J connectivity index is 0.00000156. The van der Waals surface area contributed by atoms with Gasteiger partial charge in [-0.05, 0) is 30.3 Å². The van der Waals surface area contributed by atoms with Crippen molar-refractivity contribution in [3.8, 4) is 22.8 Å². The van der Waals surface area contributed by atoms with Crippen LogP contribution in [0, 0.1) is 10.8 Å². The molecule has 2 aromatic carbocycles. The average Bonchev–Trinajstić information content (AvgIpc) is 2.91. The Morgan fingerprint density at radius 1 is 0.840 bits per heavy atom. The van der Waals surface area contributed by atoms with Crippen molar-refractivity contribution in [3.05, 3.63) is 47.5 Å². The standard InChI is InChI=1S/C16H14N4O3.2ClH/c17-15(18)7-1-2-10(11(21)4-7)13-6-8-3-9(16(19)20)5-12(22)14(8)23-13;;/h1-6,21-22H,(H3,17,18)(H3,19,20);2*1H. The van der Waals surface area contributed by atoms with Crippen LogP contribution >= 0.6 is 24.8 Å². The summed E-state index contributed by atoms with van der Waals surface area (Å²) in [4.78, 5) is 0. The number of rotatable bonds is 3. The minimum atomic E-state index is -0.168. The van der Waals surface area contributed by atoms with Crippen molar-refractivity contribution in [1.29, 1.82) is 10.8 Å². The molecule has 3 rings (SSSR count). The molecule has 0 radical (unpaired) electrons. The van der Waals surface area contributed by atoms with Crippen molar-refractivity contribution in [1.82, 2.24) is 0 Å². The van der Waals surface area contributed by atoms with E-state index < -0.39 is 0 Å². The molecule has 0 aliphatic heterocycles. The number of amidine groups is 2. The summed E-state index contributed by atoms with van der Waals surface area (Å²) in [6.07, 6.45) is 0. The molecule has 1 heterocycles. The normalized spacial score (nSPS) is 9.92. The van der Waals surface area contributed by atoms with Crippen LogP contribution in [-0.4, -0.2) is 21.9 Å². The molecule has 0 saturated heterocycles. The molecule has 8 N–H and O–H groups in total. The molecular weight excluding hydrogens is 367 g/mol.